The summed E-state index contributed by atoms with van der Waals surface area (Å²) in [4.78, 5) is 57.0. The maximum absolute atomic E-state index is 12.6. The number of hydrogen-bond acceptors (Lipinski definition) is 14. The first kappa shape index (κ1) is 54.1. The Bertz CT molecular complexity index is 3420. The van der Waals surface area contributed by atoms with Crippen LogP contribution in [0.4, 0.5) is 26.3 Å². The molecule has 1 atom stereocenters. The molecule has 1 unspecified atom stereocenters. The Balaban J connectivity index is 0.000000205. The van der Waals surface area contributed by atoms with Gasteiger partial charge in [-0.1, -0.05) is 0 Å². The van der Waals surface area contributed by atoms with Crippen molar-refractivity contribution in [1.29, 1.82) is 0 Å². The van der Waals surface area contributed by atoms with Crippen molar-refractivity contribution in [2.24, 2.45) is 0 Å². The van der Waals surface area contributed by atoms with Crippen LogP contribution in [0, 0.1) is 0 Å². The fourth-order valence-electron chi connectivity index (χ4n) is 8.15. The number of carbonyl (C=O) groups excluding carboxylic acids is 3. The summed E-state index contributed by atoms with van der Waals surface area (Å²) in [6.07, 6.45) is 4.61. The zero-order valence-electron chi connectivity index (χ0n) is 41.1. The summed E-state index contributed by atoms with van der Waals surface area (Å²) in [7, 11) is 5.21. The zero-order chi connectivity index (χ0) is 55.2. The molecule has 1 aliphatic heterocycles. The Kier molecular flexibility index (Phi) is 16.0. The number of carboxylic acid groups (broad SMARTS) is 1. The van der Waals surface area contributed by atoms with Gasteiger partial charge in [-0.3, -0.25) is 37.3 Å². The first-order chi connectivity index (χ1) is 36.7. The Hall–Kier alpha value is -9.14. The van der Waals surface area contributed by atoms with Crippen molar-refractivity contribution in [3.8, 4) is 67.8 Å². The number of hydrogen-bond donors (Lipinski definition) is 3. The Labute approximate surface area is 431 Å². The normalized spacial score (nSPS) is 13.5. The minimum absolute atomic E-state index is 0.0276. The summed E-state index contributed by atoms with van der Waals surface area (Å²) in [6, 6.07) is 13.4. The van der Waals surface area contributed by atoms with E-state index in [1.165, 1.54) is 62.1 Å². The number of fused-ring (bicyclic) bond motifs is 2. The highest BCUT2D eigenvalue weighted by molar-refractivity contribution is 6.01. The standard InChI is InChI=1S/C27H26F3N5O6.C23H20F3N5O5/c1-38-21-7-17(8-22(39-2)25(21)26(37)32-15-27(28,29)30)20-11-31-23-9-16(3-5-35(20)23)18-10-33-34(12-18)13-24(36)41-19-4-6-40-14-19;1-35-17-5-14(6-18(36-2)21(17)22(34)28-12-23(24,25)26)16-9-27-19-7-13(3-4-31(16)19)15-8-29-30(10-15)11-20(32)33/h3,5,7-12,19H,4,6,13-15H2,1-2H3,(H,32,37);3-10H,11-12H2,1-2H3,(H,28,34)(H,32,33). The predicted molar refractivity (Wildman–Crippen MR) is 260 cm³/mol. The summed E-state index contributed by atoms with van der Waals surface area (Å²) >= 11 is 0. The van der Waals surface area contributed by atoms with Gasteiger partial charge in [0.1, 0.15) is 77.7 Å². The van der Waals surface area contributed by atoms with Gasteiger partial charge in [0.05, 0.1) is 77.8 Å². The number of methoxy groups -OCH3 is 4. The van der Waals surface area contributed by atoms with E-state index in [4.69, 9.17) is 33.5 Å². The van der Waals surface area contributed by atoms with E-state index in [1.54, 1.807) is 70.5 Å². The number of esters is 1. The second kappa shape index (κ2) is 22.8. The molecule has 0 aliphatic carbocycles. The summed E-state index contributed by atoms with van der Waals surface area (Å²) in [6.45, 7) is -2.29. The van der Waals surface area contributed by atoms with Crippen LogP contribution < -0.4 is 29.6 Å². The molecule has 3 N–H and O–H groups in total. The van der Waals surface area contributed by atoms with Crippen LogP contribution in [0.25, 0.3) is 56.1 Å². The minimum atomic E-state index is -4.57. The monoisotopic (exact) mass is 1080 g/mol. The van der Waals surface area contributed by atoms with Crippen molar-refractivity contribution in [3.05, 3.63) is 109 Å². The number of pyridine rings is 2. The second-order valence-corrected chi connectivity index (χ2v) is 16.9. The van der Waals surface area contributed by atoms with E-state index in [2.05, 4.69) is 20.2 Å². The van der Waals surface area contributed by atoms with E-state index < -0.39 is 49.2 Å². The molecule has 77 heavy (non-hydrogen) atoms. The molecule has 7 heterocycles. The predicted octanol–water partition coefficient (Wildman–Crippen LogP) is 6.76. The van der Waals surface area contributed by atoms with Gasteiger partial charge in [-0.05, 0) is 59.7 Å². The molecule has 0 spiro atoms. The molecule has 8 aromatic rings. The van der Waals surface area contributed by atoms with Gasteiger partial charge in [0.25, 0.3) is 11.8 Å². The van der Waals surface area contributed by atoms with E-state index in [1.807, 2.05) is 22.8 Å². The fourth-order valence-corrected chi connectivity index (χ4v) is 8.15. The second-order valence-electron chi connectivity index (χ2n) is 16.9. The Morgan fingerprint density at radius 3 is 1.43 bits per heavy atom. The molecule has 1 aliphatic rings. The lowest BCUT2D eigenvalue weighted by molar-refractivity contribution is -0.150. The van der Waals surface area contributed by atoms with Crippen molar-refractivity contribution in [2.75, 3.05) is 54.7 Å². The van der Waals surface area contributed by atoms with Crippen LogP contribution in [-0.4, -0.2) is 140 Å². The van der Waals surface area contributed by atoms with Crippen LogP contribution in [0.2, 0.25) is 0 Å². The minimum Gasteiger partial charge on any atom is -0.496 e. The number of ether oxygens (including phenoxy) is 6. The van der Waals surface area contributed by atoms with Gasteiger partial charge in [0.2, 0.25) is 0 Å². The highest BCUT2D eigenvalue weighted by atomic mass is 19.4. The lowest BCUT2D eigenvalue weighted by Crippen LogP contribution is -2.34. The Morgan fingerprint density at radius 1 is 0.623 bits per heavy atom. The number of benzene rings is 2. The third kappa shape index (κ3) is 12.9. The zero-order valence-corrected chi connectivity index (χ0v) is 41.1. The highest BCUT2D eigenvalue weighted by Crippen LogP contribution is 2.38. The van der Waals surface area contributed by atoms with Crippen molar-refractivity contribution < 1.29 is 79.0 Å². The van der Waals surface area contributed by atoms with Crippen LogP contribution in [0.1, 0.15) is 27.1 Å². The molecule has 27 heteroatoms. The number of halogens is 6. The van der Waals surface area contributed by atoms with Gasteiger partial charge >= 0.3 is 24.3 Å². The quantitative estimate of drug-likeness (QED) is 0.0631. The molecule has 9 rings (SSSR count). The van der Waals surface area contributed by atoms with Crippen LogP contribution in [0.3, 0.4) is 0 Å². The number of aliphatic carboxylic acids is 1. The Morgan fingerprint density at radius 2 is 1.05 bits per heavy atom. The first-order valence-electron chi connectivity index (χ1n) is 23.0. The van der Waals surface area contributed by atoms with E-state index in [-0.39, 0.29) is 53.3 Å². The average molecular weight is 1080 g/mol. The lowest BCUT2D eigenvalue weighted by atomic mass is 10.1. The SMILES string of the molecule is COc1cc(-c2cnc3cc(-c4cnn(CC(=O)O)c4)ccn23)cc(OC)c1C(=O)NCC(F)(F)F.COc1cc(-c2cnc3cc(-c4cnn(CC(=O)OC5CCOC5)c4)ccn23)cc(OC)c1C(=O)NCC(F)(F)F. The van der Waals surface area contributed by atoms with E-state index in [9.17, 15) is 45.5 Å². The number of imidazole rings is 2. The summed E-state index contributed by atoms with van der Waals surface area (Å²) < 4.78 is 114. The number of aromatic nitrogens is 8. The number of nitrogens with one attached hydrogen (secondary N) is 2. The molecule has 21 nitrogen and oxygen atoms in total. The van der Waals surface area contributed by atoms with Crippen LogP contribution in [0.5, 0.6) is 23.0 Å². The largest absolute Gasteiger partial charge is 0.496 e. The van der Waals surface area contributed by atoms with Gasteiger partial charge in [0, 0.05) is 53.5 Å². The third-order valence-corrected chi connectivity index (χ3v) is 11.7. The van der Waals surface area contributed by atoms with Crippen molar-refractivity contribution in [1.82, 2.24) is 49.0 Å². The number of carbonyl (C=O) groups is 4. The smallest absolute Gasteiger partial charge is 0.405 e. The fraction of sp³-hybridized carbons (Fsp3) is 0.280. The van der Waals surface area contributed by atoms with Crippen molar-refractivity contribution in [2.45, 2.75) is 38.0 Å². The van der Waals surface area contributed by atoms with E-state index in [0.29, 0.717) is 59.0 Å². The molecule has 1 fully saturated rings. The van der Waals surface area contributed by atoms with Gasteiger partial charge in [0.15, 0.2) is 0 Å². The van der Waals surface area contributed by atoms with Gasteiger partial charge in [-0.25, -0.2) is 9.97 Å². The van der Waals surface area contributed by atoms with E-state index in [0.717, 1.165) is 16.7 Å². The molecular weight excluding hydrogens is 1030 g/mol. The highest BCUT2D eigenvalue weighted by Gasteiger charge is 2.32. The third-order valence-electron chi connectivity index (χ3n) is 11.7. The molecule has 6 aromatic heterocycles. The van der Waals surface area contributed by atoms with Crippen LogP contribution >= 0.6 is 0 Å². The van der Waals surface area contributed by atoms with Crippen LogP contribution in [0.15, 0.2) is 98.1 Å². The summed E-state index contributed by atoms with van der Waals surface area (Å²) in [5.74, 6) is -3.23. The van der Waals surface area contributed by atoms with Crippen LogP contribution in [-0.2, 0) is 32.2 Å². The maximum Gasteiger partial charge on any atom is 0.405 e. The molecule has 2 aromatic carbocycles. The van der Waals surface area contributed by atoms with Gasteiger partial charge < -0.3 is 44.2 Å². The topological polar surface area (TPSA) is 238 Å². The summed E-state index contributed by atoms with van der Waals surface area (Å²) in [5, 5.41) is 20.9. The number of alkyl halides is 6. The molecule has 404 valence electrons. The number of carboxylic acids is 1. The molecule has 0 radical (unpaired) electrons. The number of nitrogens with zero attached hydrogens (tertiary/aromatic N) is 8. The molecule has 0 saturated carbocycles. The van der Waals surface area contributed by atoms with E-state index >= 15 is 0 Å². The van der Waals surface area contributed by atoms with Gasteiger partial charge in [-0.15, -0.1) is 0 Å². The maximum atomic E-state index is 12.6. The molecule has 1 saturated heterocycles. The molecule has 0 bridgehead atoms. The average Bonchev–Trinajstić information content (AvgIpc) is 4.33. The number of rotatable bonds is 17. The summed E-state index contributed by atoms with van der Waals surface area (Å²) in [5.41, 5.74) is 6.24. The van der Waals surface area contributed by atoms with Crippen molar-refractivity contribution >= 4 is 35.0 Å². The first-order valence-corrected chi connectivity index (χ1v) is 23.0. The number of amides is 2. The van der Waals surface area contributed by atoms with Crippen molar-refractivity contribution in [3.63, 3.8) is 0 Å². The molecule has 2 amide bonds. The van der Waals surface area contributed by atoms with Gasteiger partial charge in [-0.2, -0.15) is 36.5 Å². The lowest BCUT2D eigenvalue weighted by Gasteiger charge is -2.16. The molecular formula is C50H46F6N10O11.